The SMILES string of the molecule is C=CCC(C)(C)COC(=O)Cl. The average molecular weight is 177 g/mol. The molecule has 0 amide bonds. The van der Waals surface area contributed by atoms with E-state index in [-0.39, 0.29) is 5.41 Å². The Morgan fingerprint density at radius 1 is 1.73 bits per heavy atom. The van der Waals surface area contributed by atoms with Crippen LogP contribution in [0.4, 0.5) is 4.79 Å². The number of carbonyl (C=O) groups excluding carboxylic acids is 1. The minimum absolute atomic E-state index is 0.0632. The lowest BCUT2D eigenvalue weighted by atomic mass is 9.91. The fourth-order valence-electron chi connectivity index (χ4n) is 0.702. The summed E-state index contributed by atoms with van der Waals surface area (Å²) in [6.07, 6.45) is 2.60. The molecule has 0 bridgehead atoms. The lowest BCUT2D eigenvalue weighted by molar-refractivity contribution is 0.120. The van der Waals surface area contributed by atoms with E-state index in [2.05, 4.69) is 11.3 Å². The molecule has 0 atom stereocenters. The first kappa shape index (κ1) is 10.5. The van der Waals surface area contributed by atoms with Crippen molar-refractivity contribution in [3.05, 3.63) is 12.7 Å². The van der Waals surface area contributed by atoms with Gasteiger partial charge >= 0.3 is 5.43 Å². The fourth-order valence-corrected chi connectivity index (χ4v) is 0.756. The molecule has 0 unspecified atom stereocenters. The highest BCUT2D eigenvalue weighted by molar-refractivity contribution is 6.61. The van der Waals surface area contributed by atoms with Gasteiger partial charge in [-0.15, -0.1) is 6.58 Å². The van der Waals surface area contributed by atoms with Crippen molar-refractivity contribution in [2.45, 2.75) is 20.3 Å². The van der Waals surface area contributed by atoms with Crippen molar-refractivity contribution in [3.8, 4) is 0 Å². The molecular weight excluding hydrogens is 164 g/mol. The first-order chi connectivity index (χ1) is 4.98. The molecule has 0 saturated heterocycles. The predicted molar refractivity (Wildman–Crippen MR) is 45.8 cm³/mol. The molecule has 0 aromatic rings. The van der Waals surface area contributed by atoms with Crippen LogP contribution in [0.25, 0.3) is 0 Å². The molecular formula is C8H13ClO2. The van der Waals surface area contributed by atoms with Crippen LogP contribution in [0.2, 0.25) is 0 Å². The smallest absolute Gasteiger partial charge is 0.403 e. The Bertz CT molecular complexity index is 152. The van der Waals surface area contributed by atoms with Crippen LogP contribution < -0.4 is 0 Å². The van der Waals surface area contributed by atoms with E-state index in [4.69, 9.17) is 11.6 Å². The summed E-state index contributed by atoms with van der Waals surface area (Å²) in [6.45, 7) is 7.90. The number of ether oxygens (including phenoxy) is 1. The number of allylic oxidation sites excluding steroid dienone is 1. The van der Waals surface area contributed by atoms with Crippen molar-refractivity contribution >= 4 is 17.0 Å². The molecule has 0 aromatic carbocycles. The lowest BCUT2D eigenvalue weighted by Gasteiger charge is -2.21. The second-order valence-electron chi connectivity index (χ2n) is 3.18. The fraction of sp³-hybridized carbons (Fsp3) is 0.625. The third-order valence-electron chi connectivity index (χ3n) is 1.27. The zero-order chi connectivity index (χ0) is 8.91. The summed E-state index contributed by atoms with van der Waals surface area (Å²) in [7, 11) is 0. The third kappa shape index (κ3) is 5.92. The van der Waals surface area contributed by atoms with Gasteiger partial charge in [0.05, 0.1) is 6.61 Å². The van der Waals surface area contributed by atoms with Gasteiger partial charge in [-0.05, 0) is 6.42 Å². The summed E-state index contributed by atoms with van der Waals surface area (Å²) in [5.74, 6) is 0. The maximum absolute atomic E-state index is 10.2. The van der Waals surface area contributed by atoms with Crippen LogP contribution in [-0.2, 0) is 4.74 Å². The molecule has 0 heterocycles. The summed E-state index contributed by atoms with van der Waals surface area (Å²) < 4.78 is 4.64. The van der Waals surface area contributed by atoms with Crippen LogP contribution in [0.15, 0.2) is 12.7 Å². The Morgan fingerprint density at radius 2 is 2.27 bits per heavy atom. The van der Waals surface area contributed by atoms with E-state index in [9.17, 15) is 4.79 Å². The summed E-state index contributed by atoms with van der Waals surface area (Å²) >= 11 is 5.00. The maximum atomic E-state index is 10.2. The van der Waals surface area contributed by atoms with Crippen molar-refractivity contribution in [3.63, 3.8) is 0 Å². The maximum Gasteiger partial charge on any atom is 0.403 e. The summed E-state index contributed by atoms with van der Waals surface area (Å²) in [5.41, 5.74) is -0.811. The Kier molecular flexibility index (Phi) is 4.19. The van der Waals surface area contributed by atoms with Gasteiger partial charge in [-0.1, -0.05) is 19.9 Å². The van der Waals surface area contributed by atoms with Gasteiger partial charge in [0.15, 0.2) is 0 Å². The molecule has 0 saturated carbocycles. The number of carbonyl (C=O) groups is 1. The monoisotopic (exact) mass is 176 g/mol. The predicted octanol–water partition coefficient (Wildman–Crippen LogP) is 2.96. The van der Waals surface area contributed by atoms with E-state index < -0.39 is 5.43 Å². The molecule has 0 aliphatic rings. The molecule has 2 nitrogen and oxygen atoms in total. The Labute approximate surface area is 72.2 Å². The quantitative estimate of drug-likeness (QED) is 0.486. The zero-order valence-electron chi connectivity index (χ0n) is 6.89. The Morgan fingerprint density at radius 3 is 2.64 bits per heavy atom. The normalized spacial score (nSPS) is 10.8. The van der Waals surface area contributed by atoms with Crippen LogP contribution in [0.1, 0.15) is 20.3 Å². The van der Waals surface area contributed by atoms with Gasteiger partial charge in [0.1, 0.15) is 0 Å². The van der Waals surface area contributed by atoms with Crippen LogP contribution >= 0.6 is 11.6 Å². The average Bonchev–Trinajstić information content (AvgIpc) is 1.84. The first-order valence-corrected chi connectivity index (χ1v) is 3.79. The van der Waals surface area contributed by atoms with Crippen molar-refractivity contribution < 1.29 is 9.53 Å². The van der Waals surface area contributed by atoms with Crippen molar-refractivity contribution in [2.24, 2.45) is 5.41 Å². The molecule has 0 aliphatic heterocycles. The largest absolute Gasteiger partial charge is 0.453 e. The Balaban J connectivity index is 3.71. The van der Waals surface area contributed by atoms with Gasteiger partial charge in [-0.3, -0.25) is 0 Å². The van der Waals surface area contributed by atoms with Crippen LogP contribution in [-0.4, -0.2) is 12.0 Å². The van der Waals surface area contributed by atoms with Crippen molar-refractivity contribution in [1.82, 2.24) is 0 Å². The van der Waals surface area contributed by atoms with E-state index in [0.29, 0.717) is 6.61 Å². The van der Waals surface area contributed by atoms with Gasteiger partial charge in [-0.25, -0.2) is 4.79 Å². The van der Waals surface area contributed by atoms with Crippen LogP contribution in [0.3, 0.4) is 0 Å². The van der Waals surface area contributed by atoms with E-state index >= 15 is 0 Å². The van der Waals surface area contributed by atoms with Gasteiger partial charge in [0, 0.05) is 17.0 Å². The van der Waals surface area contributed by atoms with E-state index in [1.807, 2.05) is 13.8 Å². The van der Waals surface area contributed by atoms with Gasteiger partial charge in [-0.2, -0.15) is 0 Å². The summed E-state index contributed by atoms with van der Waals surface area (Å²) in [6, 6.07) is 0. The van der Waals surface area contributed by atoms with Crippen molar-refractivity contribution in [2.75, 3.05) is 6.61 Å². The molecule has 3 heteroatoms. The van der Waals surface area contributed by atoms with Gasteiger partial charge < -0.3 is 4.74 Å². The second kappa shape index (κ2) is 4.39. The molecule has 0 aromatic heterocycles. The molecule has 0 aliphatic carbocycles. The van der Waals surface area contributed by atoms with E-state index in [1.165, 1.54) is 0 Å². The number of hydrogen-bond acceptors (Lipinski definition) is 2. The standard InChI is InChI=1S/C8H13ClO2/c1-4-5-8(2,3)6-11-7(9)10/h4H,1,5-6H2,2-3H3. The first-order valence-electron chi connectivity index (χ1n) is 3.41. The topological polar surface area (TPSA) is 26.3 Å². The second-order valence-corrected chi connectivity index (χ2v) is 3.49. The molecule has 0 rings (SSSR count). The number of rotatable bonds is 4. The van der Waals surface area contributed by atoms with Crippen molar-refractivity contribution in [1.29, 1.82) is 0 Å². The third-order valence-corrected chi connectivity index (χ3v) is 1.38. The molecule has 0 radical (unpaired) electrons. The minimum Gasteiger partial charge on any atom is -0.453 e. The Hall–Kier alpha value is -0.500. The highest BCUT2D eigenvalue weighted by Gasteiger charge is 2.17. The lowest BCUT2D eigenvalue weighted by Crippen LogP contribution is -2.19. The highest BCUT2D eigenvalue weighted by Crippen LogP contribution is 2.20. The van der Waals surface area contributed by atoms with E-state index in [0.717, 1.165) is 6.42 Å². The van der Waals surface area contributed by atoms with Crippen LogP contribution in [0.5, 0.6) is 0 Å². The summed E-state index contributed by atoms with van der Waals surface area (Å²) in [4.78, 5) is 10.2. The molecule has 11 heavy (non-hydrogen) atoms. The highest BCUT2D eigenvalue weighted by atomic mass is 35.5. The zero-order valence-corrected chi connectivity index (χ0v) is 7.65. The van der Waals surface area contributed by atoms with E-state index in [1.54, 1.807) is 6.08 Å². The van der Waals surface area contributed by atoms with Gasteiger partial charge in [0.25, 0.3) is 0 Å². The molecule has 0 spiro atoms. The van der Waals surface area contributed by atoms with Crippen LogP contribution in [0, 0.1) is 5.41 Å². The summed E-state index contributed by atoms with van der Waals surface area (Å²) in [5, 5.41) is 0. The molecule has 64 valence electrons. The molecule has 0 N–H and O–H groups in total. The minimum atomic E-state index is -0.748. The van der Waals surface area contributed by atoms with Gasteiger partial charge in [0.2, 0.25) is 0 Å². The molecule has 0 fully saturated rings. The number of halogens is 1. The number of hydrogen-bond donors (Lipinski definition) is 0.